The van der Waals surface area contributed by atoms with E-state index in [4.69, 9.17) is 9.47 Å². The van der Waals surface area contributed by atoms with E-state index in [1.807, 2.05) is 6.92 Å². The Kier molecular flexibility index (Phi) is 6.32. The first-order chi connectivity index (χ1) is 7.63. The summed E-state index contributed by atoms with van der Waals surface area (Å²) in [5, 5.41) is 3.57. The Hall–Kier alpha value is -0.120. The Morgan fingerprint density at radius 2 is 2.12 bits per heavy atom. The van der Waals surface area contributed by atoms with E-state index < -0.39 is 0 Å². The SMILES string of the molecule is CCOC[C@H](NC[C@@H]1CC[C@H](C)O1)C(C)C. The lowest BCUT2D eigenvalue weighted by atomic mass is 10.1. The molecule has 16 heavy (non-hydrogen) atoms. The summed E-state index contributed by atoms with van der Waals surface area (Å²) in [6.07, 6.45) is 3.23. The van der Waals surface area contributed by atoms with Crippen LogP contribution in [0.1, 0.15) is 40.5 Å². The van der Waals surface area contributed by atoms with Crippen LogP contribution in [0.25, 0.3) is 0 Å². The summed E-state index contributed by atoms with van der Waals surface area (Å²) in [5.41, 5.74) is 0. The molecule has 0 aromatic carbocycles. The molecular formula is C13H27NO2. The summed E-state index contributed by atoms with van der Waals surface area (Å²) in [7, 11) is 0. The number of ether oxygens (including phenoxy) is 2. The predicted molar refractivity (Wildman–Crippen MR) is 66.7 cm³/mol. The molecule has 3 nitrogen and oxygen atoms in total. The van der Waals surface area contributed by atoms with Gasteiger partial charge < -0.3 is 14.8 Å². The molecule has 1 aliphatic rings. The highest BCUT2D eigenvalue weighted by atomic mass is 16.5. The van der Waals surface area contributed by atoms with Crippen molar-refractivity contribution in [3.8, 4) is 0 Å². The first kappa shape index (κ1) is 13.9. The van der Waals surface area contributed by atoms with E-state index in [1.165, 1.54) is 12.8 Å². The largest absolute Gasteiger partial charge is 0.380 e. The van der Waals surface area contributed by atoms with Gasteiger partial charge in [-0.15, -0.1) is 0 Å². The fraction of sp³-hybridized carbons (Fsp3) is 1.00. The van der Waals surface area contributed by atoms with E-state index in [9.17, 15) is 0 Å². The highest BCUT2D eigenvalue weighted by Crippen LogP contribution is 2.18. The van der Waals surface area contributed by atoms with Crippen molar-refractivity contribution in [2.75, 3.05) is 19.8 Å². The second-order valence-electron chi connectivity index (χ2n) is 5.06. The zero-order chi connectivity index (χ0) is 12.0. The van der Waals surface area contributed by atoms with Crippen LogP contribution >= 0.6 is 0 Å². The Balaban J connectivity index is 2.21. The minimum Gasteiger partial charge on any atom is -0.380 e. The maximum atomic E-state index is 5.79. The van der Waals surface area contributed by atoms with Gasteiger partial charge in [-0.05, 0) is 32.6 Å². The minimum absolute atomic E-state index is 0.401. The monoisotopic (exact) mass is 229 g/mol. The average Bonchev–Trinajstić information content (AvgIpc) is 2.64. The van der Waals surface area contributed by atoms with Gasteiger partial charge in [0.2, 0.25) is 0 Å². The van der Waals surface area contributed by atoms with E-state index in [2.05, 4.69) is 26.1 Å². The zero-order valence-electron chi connectivity index (χ0n) is 11.2. The van der Waals surface area contributed by atoms with Gasteiger partial charge >= 0.3 is 0 Å². The molecule has 1 N–H and O–H groups in total. The minimum atomic E-state index is 0.401. The number of hydrogen-bond donors (Lipinski definition) is 1. The highest BCUT2D eigenvalue weighted by Gasteiger charge is 2.23. The van der Waals surface area contributed by atoms with Gasteiger partial charge in [-0.1, -0.05) is 13.8 Å². The Morgan fingerprint density at radius 3 is 2.62 bits per heavy atom. The van der Waals surface area contributed by atoms with Gasteiger partial charge in [0.1, 0.15) is 0 Å². The Labute approximate surface area is 99.9 Å². The highest BCUT2D eigenvalue weighted by molar-refractivity contribution is 4.77. The van der Waals surface area contributed by atoms with Crippen LogP contribution in [0.15, 0.2) is 0 Å². The molecule has 3 atom stereocenters. The molecule has 0 amide bonds. The second kappa shape index (κ2) is 7.25. The van der Waals surface area contributed by atoms with Gasteiger partial charge in [-0.3, -0.25) is 0 Å². The van der Waals surface area contributed by atoms with Crippen molar-refractivity contribution in [2.45, 2.75) is 58.8 Å². The third kappa shape index (κ3) is 4.81. The zero-order valence-corrected chi connectivity index (χ0v) is 11.2. The molecule has 0 aliphatic carbocycles. The van der Waals surface area contributed by atoms with Crippen LogP contribution in [-0.2, 0) is 9.47 Å². The van der Waals surface area contributed by atoms with E-state index in [0.717, 1.165) is 19.8 Å². The lowest BCUT2D eigenvalue weighted by molar-refractivity contribution is 0.0469. The first-order valence-corrected chi connectivity index (χ1v) is 6.60. The van der Waals surface area contributed by atoms with Gasteiger partial charge in [-0.2, -0.15) is 0 Å². The van der Waals surface area contributed by atoms with Crippen molar-refractivity contribution in [1.82, 2.24) is 5.32 Å². The molecule has 0 saturated carbocycles. The van der Waals surface area contributed by atoms with E-state index in [-0.39, 0.29) is 0 Å². The van der Waals surface area contributed by atoms with Gasteiger partial charge in [-0.25, -0.2) is 0 Å². The van der Waals surface area contributed by atoms with Crippen molar-refractivity contribution in [1.29, 1.82) is 0 Å². The van der Waals surface area contributed by atoms with Crippen LogP contribution in [0.5, 0.6) is 0 Å². The molecule has 0 aromatic heterocycles. The van der Waals surface area contributed by atoms with E-state index >= 15 is 0 Å². The summed E-state index contributed by atoms with van der Waals surface area (Å²) >= 11 is 0. The fourth-order valence-corrected chi connectivity index (χ4v) is 2.05. The molecule has 0 spiro atoms. The van der Waals surface area contributed by atoms with E-state index in [0.29, 0.717) is 24.2 Å². The molecule has 0 aromatic rings. The number of nitrogens with one attached hydrogen (secondary N) is 1. The third-order valence-electron chi connectivity index (χ3n) is 3.23. The Bertz CT molecular complexity index is 185. The van der Waals surface area contributed by atoms with Crippen molar-refractivity contribution >= 4 is 0 Å². The summed E-state index contributed by atoms with van der Waals surface area (Å²) in [6, 6.07) is 0.444. The summed E-state index contributed by atoms with van der Waals surface area (Å²) in [5.74, 6) is 0.602. The van der Waals surface area contributed by atoms with E-state index in [1.54, 1.807) is 0 Å². The number of hydrogen-bond acceptors (Lipinski definition) is 3. The normalized spacial score (nSPS) is 27.6. The first-order valence-electron chi connectivity index (χ1n) is 6.60. The molecule has 1 saturated heterocycles. The van der Waals surface area contributed by atoms with Crippen molar-refractivity contribution in [2.24, 2.45) is 5.92 Å². The molecule has 0 bridgehead atoms. The molecule has 0 radical (unpaired) electrons. The van der Waals surface area contributed by atoms with Crippen molar-refractivity contribution in [3.05, 3.63) is 0 Å². The van der Waals surface area contributed by atoms with Gasteiger partial charge in [0, 0.05) is 19.2 Å². The maximum absolute atomic E-state index is 5.79. The Morgan fingerprint density at radius 1 is 1.38 bits per heavy atom. The second-order valence-corrected chi connectivity index (χ2v) is 5.06. The van der Waals surface area contributed by atoms with Gasteiger partial charge in [0.25, 0.3) is 0 Å². The molecule has 1 aliphatic heterocycles. The van der Waals surface area contributed by atoms with Crippen molar-refractivity contribution < 1.29 is 9.47 Å². The summed E-state index contributed by atoms with van der Waals surface area (Å²) < 4.78 is 11.3. The molecule has 96 valence electrons. The topological polar surface area (TPSA) is 30.5 Å². The molecule has 1 heterocycles. The predicted octanol–water partition coefficient (Wildman–Crippen LogP) is 2.20. The average molecular weight is 229 g/mol. The van der Waals surface area contributed by atoms with Gasteiger partial charge in [0.15, 0.2) is 0 Å². The molecule has 0 unspecified atom stereocenters. The van der Waals surface area contributed by atoms with Crippen LogP contribution in [0.2, 0.25) is 0 Å². The van der Waals surface area contributed by atoms with Crippen LogP contribution in [0.3, 0.4) is 0 Å². The third-order valence-corrected chi connectivity index (χ3v) is 3.23. The van der Waals surface area contributed by atoms with Crippen LogP contribution in [0, 0.1) is 5.92 Å². The molecule has 1 fully saturated rings. The fourth-order valence-electron chi connectivity index (χ4n) is 2.05. The maximum Gasteiger partial charge on any atom is 0.0704 e. The van der Waals surface area contributed by atoms with Crippen LogP contribution in [-0.4, -0.2) is 38.0 Å². The molecular weight excluding hydrogens is 202 g/mol. The smallest absolute Gasteiger partial charge is 0.0704 e. The lowest BCUT2D eigenvalue weighted by Gasteiger charge is -2.24. The van der Waals surface area contributed by atoms with Crippen LogP contribution < -0.4 is 5.32 Å². The van der Waals surface area contributed by atoms with Crippen molar-refractivity contribution in [3.63, 3.8) is 0 Å². The quantitative estimate of drug-likeness (QED) is 0.726. The number of rotatable bonds is 7. The van der Waals surface area contributed by atoms with Crippen LogP contribution in [0.4, 0.5) is 0 Å². The molecule has 3 heteroatoms. The molecule has 1 rings (SSSR count). The lowest BCUT2D eigenvalue weighted by Crippen LogP contribution is -2.42. The summed E-state index contributed by atoms with van der Waals surface area (Å²) in [4.78, 5) is 0. The van der Waals surface area contributed by atoms with Gasteiger partial charge in [0.05, 0.1) is 18.8 Å². The summed E-state index contributed by atoms with van der Waals surface area (Å²) in [6.45, 7) is 11.2. The standard InChI is InChI=1S/C13H27NO2/c1-5-15-9-13(10(2)3)14-8-12-7-6-11(4)16-12/h10-14H,5-9H2,1-4H3/t11-,12-,13-/m0/s1.